The van der Waals surface area contributed by atoms with E-state index in [1.54, 1.807) is 0 Å². The van der Waals surface area contributed by atoms with E-state index in [4.69, 9.17) is 0 Å². The second kappa shape index (κ2) is 2.18. The van der Waals surface area contributed by atoms with Crippen molar-refractivity contribution in [3.63, 3.8) is 0 Å². The Morgan fingerprint density at radius 3 is 2.15 bits per heavy atom. The number of esters is 2. The van der Waals surface area contributed by atoms with Crippen molar-refractivity contribution in [2.45, 2.75) is 31.0 Å². The van der Waals surface area contributed by atoms with Crippen molar-refractivity contribution < 1.29 is 27.8 Å². The van der Waals surface area contributed by atoms with Crippen molar-refractivity contribution in [3.8, 4) is 0 Å². The average Bonchev–Trinajstić information content (AvgIpc) is 2.39. The molecule has 2 saturated heterocycles. The standard InChI is InChI=1S/C7H6F2O4/c8-6(9)3-5(11)13-7(6)2-1-4(10)12-7/h1-3H2. The number of hydrogen-bond donors (Lipinski definition) is 0. The minimum atomic E-state index is -3.39. The van der Waals surface area contributed by atoms with Gasteiger partial charge >= 0.3 is 23.6 Å². The molecule has 0 aromatic rings. The number of rotatable bonds is 0. The van der Waals surface area contributed by atoms with Crippen LogP contribution in [0.1, 0.15) is 19.3 Å². The van der Waals surface area contributed by atoms with Gasteiger partial charge < -0.3 is 9.47 Å². The maximum absolute atomic E-state index is 13.1. The summed E-state index contributed by atoms with van der Waals surface area (Å²) in [5.41, 5.74) is 0. The van der Waals surface area contributed by atoms with Gasteiger partial charge in [0, 0.05) is 6.42 Å². The van der Waals surface area contributed by atoms with Crippen LogP contribution in [-0.2, 0) is 19.1 Å². The van der Waals surface area contributed by atoms with Crippen molar-refractivity contribution in [2.24, 2.45) is 0 Å². The highest BCUT2D eigenvalue weighted by Gasteiger charge is 2.68. The van der Waals surface area contributed by atoms with Crippen molar-refractivity contribution in [2.75, 3.05) is 0 Å². The summed E-state index contributed by atoms with van der Waals surface area (Å²) in [6, 6.07) is 0. The highest BCUT2D eigenvalue weighted by atomic mass is 19.3. The van der Waals surface area contributed by atoms with Gasteiger partial charge in [0.1, 0.15) is 6.42 Å². The van der Waals surface area contributed by atoms with Crippen LogP contribution in [0.25, 0.3) is 0 Å². The summed E-state index contributed by atoms with van der Waals surface area (Å²) in [5, 5.41) is 0. The van der Waals surface area contributed by atoms with Gasteiger partial charge in [-0.25, -0.2) is 0 Å². The fourth-order valence-electron chi connectivity index (χ4n) is 1.49. The van der Waals surface area contributed by atoms with E-state index < -0.39 is 30.1 Å². The van der Waals surface area contributed by atoms with Crippen LogP contribution in [0.5, 0.6) is 0 Å². The lowest BCUT2D eigenvalue weighted by atomic mass is 10.1. The van der Waals surface area contributed by atoms with Crippen LogP contribution < -0.4 is 0 Å². The van der Waals surface area contributed by atoms with E-state index in [-0.39, 0.29) is 12.8 Å². The van der Waals surface area contributed by atoms with E-state index in [1.807, 2.05) is 0 Å². The number of halogens is 2. The van der Waals surface area contributed by atoms with Gasteiger partial charge in [-0.05, 0) is 0 Å². The monoisotopic (exact) mass is 192 g/mol. The summed E-state index contributed by atoms with van der Waals surface area (Å²) < 4.78 is 34.9. The first-order chi connectivity index (χ1) is 5.95. The molecule has 72 valence electrons. The molecule has 0 aromatic heterocycles. The molecule has 4 nitrogen and oxygen atoms in total. The molecule has 1 unspecified atom stereocenters. The maximum atomic E-state index is 13.1. The molecule has 0 aromatic carbocycles. The minimum absolute atomic E-state index is 0.136. The number of ether oxygens (including phenoxy) is 2. The zero-order valence-electron chi connectivity index (χ0n) is 6.51. The van der Waals surface area contributed by atoms with Gasteiger partial charge in [-0.2, -0.15) is 8.78 Å². The zero-order valence-corrected chi connectivity index (χ0v) is 6.51. The predicted octanol–water partition coefficient (Wildman–Crippen LogP) is 0.602. The van der Waals surface area contributed by atoms with Crippen molar-refractivity contribution in [3.05, 3.63) is 0 Å². The Labute approximate surface area is 71.8 Å². The van der Waals surface area contributed by atoms with Gasteiger partial charge in [0.2, 0.25) is 0 Å². The fraction of sp³-hybridized carbons (Fsp3) is 0.714. The Kier molecular flexibility index (Phi) is 1.41. The molecule has 0 aliphatic carbocycles. The Morgan fingerprint density at radius 2 is 1.77 bits per heavy atom. The third-order valence-electron chi connectivity index (χ3n) is 2.14. The SMILES string of the molecule is O=C1CCC2(O1)OC(=O)CC2(F)F. The molecule has 0 N–H and O–H groups in total. The highest BCUT2D eigenvalue weighted by molar-refractivity contribution is 5.77. The summed E-state index contributed by atoms with van der Waals surface area (Å²) in [6.45, 7) is 0. The van der Waals surface area contributed by atoms with E-state index in [1.165, 1.54) is 0 Å². The first-order valence-electron chi connectivity index (χ1n) is 3.77. The lowest BCUT2D eigenvalue weighted by Crippen LogP contribution is -2.44. The van der Waals surface area contributed by atoms with Gasteiger partial charge in [-0.3, -0.25) is 9.59 Å². The highest BCUT2D eigenvalue weighted by Crippen LogP contribution is 2.48. The van der Waals surface area contributed by atoms with Crippen molar-refractivity contribution in [1.29, 1.82) is 0 Å². The number of alkyl halides is 2. The number of carbonyl (C=O) groups is 2. The van der Waals surface area contributed by atoms with Crippen molar-refractivity contribution in [1.82, 2.24) is 0 Å². The summed E-state index contributed by atoms with van der Waals surface area (Å²) in [5.74, 6) is -7.48. The second-order valence-electron chi connectivity index (χ2n) is 3.08. The molecule has 0 bridgehead atoms. The topological polar surface area (TPSA) is 52.6 Å². The molecular weight excluding hydrogens is 186 g/mol. The van der Waals surface area contributed by atoms with Crippen LogP contribution in [-0.4, -0.2) is 23.6 Å². The Morgan fingerprint density at radius 1 is 1.15 bits per heavy atom. The average molecular weight is 192 g/mol. The summed E-state index contributed by atoms with van der Waals surface area (Å²) >= 11 is 0. The van der Waals surface area contributed by atoms with Crippen LogP contribution in [0.15, 0.2) is 0 Å². The molecule has 2 heterocycles. The maximum Gasteiger partial charge on any atom is 0.333 e. The first-order valence-corrected chi connectivity index (χ1v) is 3.77. The van der Waals surface area contributed by atoms with Gasteiger partial charge in [0.05, 0.1) is 6.42 Å². The molecule has 6 heteroatoms. The Bertz CT molecular complexity index is 284. The molecule has 1 spiro atoms. The minimum Gasteiger partial charge on any atom is -0.416 e. The third-order valence-corrected chi connectivity index (χ3v) is 2.14. The van der Waals surface area contributed by atoms with Gasteiger partial charge in [-0.1, -0.05) is 0 Å². The van der Waals surface area contributed by atoms with Crippen LogP contribution in [0.2, 0.25) is 0 Å². The molecular formula is C7H6F2O4. The molecule has 0 radical (unpaired) electrons. The normalized spacial score (nSPS) is 36.5. The van der Waals surface area contributed by atoms with E-state index in [0.717, 1.165) is 0 Å². The molecule has 13 heavy (non-hydrogen) atoms. The summed E-state index contributed by atoms with van der Waals surface area (Å²) in [6.07, 6.45) is -1.41. The molecule has 2 rings (SSSR count). The van der Waals surface area contributed by atoms with Gasteiger partial charge in [0.25, 0.3) is 0 Å². The predicted molar refractivity (Wildman–Crippen MR) is 33.7 cm³/mol. The fourth-order valence-corrected chi connectivity index (χ4v) is 1.49. The Hall–Kier alpha value is -1.20. The van der Waals surface area contributed by atoms with Crippen LogP contribution in [0.4, 0.5) is 8.78 Å². The quantitative estimate of drug-likeness (QED) is 0.527. The summed E-state index contributed by atoms with van der Waals surface area (Å²) in [7, 11) is 0. The lowest BCUT2D eigenvalue weighted by Gasteiger charge is -2.25. The van der Waals surface area contributed by atoms with E-state index >= 15 is 0 Å². The molecule has 1 atom stereocenters. The molecule has 2 aliphatic heterocycles. The van der Waals surface area contributed by atoms with Crippen LogP contribution in [0, 0.1) is 0 Å². The van der Waals surface area contributed by atoms with Crippen LogP contribution in [0.3, 0.4) is 0 Å². The number of carbonyl (C=O) groups excluding carboxylic acids is 2. The van der Waals surface area contributed by atoms with E-state index in [2.05, 4.69) is 9.47 Å². The van der Waals surface area contributed by atoms with Gasteiger partial charge in [0.15, 0.2) is 0 Å². The van der Waals surface area contributed by atoms with Crippen molar-refractivity contribution >= 4 is 11.9 Å². The molecule has 2 aliphatic rings. The first kappa shape index (κ1) is 8.40. The smallest absolute Gasteiger partial charge is 0.333 e. The van der Waals surface area contributed by atoms with E-state index in [0.29, 0.717) is 0 Å². The molecule has 0 saturated carbocycles. The largest absolute Gasteiger partial charge is 0.416 e. The van der Waals surface area contributed by atoms with Crippen LogP contribution >= 0.6 is 0 Å². The molecule has 0 amide bonds. The van der Waals surface area contributed by atoms with Gasteiger partial charge in [-0.15, -0.1) is 0 Å². The Balaban J connectivity index is 2.32. The lowest BCUT2D eigenvalue weighted by molar-refractivity contribution is -0.262. The van der Waals surface area contributed by atoms with E-state index in [9.17, 15) is 18.4 Å². The summed E-state index contributed by atoms with van der Waals surface area (Å²) in [4.78, 5) is 21.3. The second-order valence-corrected chi connectivity index (χ2v) is 3.08. The third kappa shape index (κ3) is 1.01. The molecule has 2 fully saturated rings. The number of hydrogen-bond acceptors (Lipinski definition) is 4. The zero-order chi connectivity index (χ0) is 9.69.